The largest absolute Gasteiger partial charge is 0.392 e. The van der Waals surface area contributed by atoms with Crippen LogP contribution < -0.4 is 0 Å². The molecule has 4 nitrogen and oxygen atoms in total. The molecule has 1 aliphatic carbocycles. The number of hydrogen-bond donors (Lipinski definition) is 1. The Kier molecular flexibility index (Phi) is 4.74. The molecule has 112 valence electrons. The van der Waals surface area contributed by atoms with Gasteiger partial charge in [-0.25, -0.2) is 8.42 Å². The molecule has 20 heavy (non-hydrogen) atoms. The van der Waals surface area contributed by atoms with E-state index in [1.165, 1.54) is 10.4 Å². The van der Waals surface area contributed by atoms with E-state index < -0.39 is 10.0 Å². The van der Waals surface area contributed by atoms with Crippen molar-refractivity contribution >= 4 is 21.6 Å². The van der Waals surface area contributed by atoms with Gasteiger partial charge < -0.3 is 5.11 Å². The molecule has 1 aromatic carbocycles. The molecule has 1 saturated carbocycles. The highest BCUT2D eigenvalue weighted by Gasteiger charge is 2.31. The van der Waals surface area contributed by atoms with Gasteiger partial charge in [0.15, 0.2) is 0 Å². The predicted octanol–water partition coefficient (Wildman–Crippen LogP) is 2.70. The summed E-state index contributed by atoms with van der Waals surface area (Å²) in [6.45, 7) is 1.49. The van der Waals surface area contributed by atoms with Gasteiger partial charge in [-0.15, -0.1) is 0 Å². The van der Waals surface area contributed by atoms with E-state index in [2.05, 4.69) is 0 Å². The van der Waals surface area contributed by atoms with Crippen LogP contribution in [0.3, 0.4) is 0 Å². The lowest BCUT2D eigenvalue weighted by molar-refractivity contribution is 0.280. The fraction of sp³-hybridized carbons (Fsp3) is 0.571. The summed E-state index contributed by atoms with van der Waals surface area (Å²) in [6.07, 6.45) is 3.95. The maximum Gasteiger partial charge on any atom is 0.243 e. The van der Waals surface area contributed by atoms with Crippen molar-refractivity contribution < 1.29 is 13.5 Å². The summed E-state index contributed by atoms with van der Waals surface area (Å²) >= 11 is 5.98. The highest BCUT2D eigenvalue weighted by Crippen LogP contribution is 2.31. The molecule has 1 N–H and O–H groups in total. The minimum Gasteiger partial charge on any atom is -0.392 e. The van der Waals surface area contributed by atoms with Crippen LogP contribution in [0, 0.1) is 6.92 Å². The quantitative estimate of drug-likeness (QED) is 0.929. The molecule has 0 spiro atoms. The Labute approximate surface area is 125 Å². The molecule has 0 unspecified atom stereocenters. The number of nitrogens with zero attached hydrogens (tertiary/aromatic N) is 1. The van der Waals surface area contributed by atoms with E-state index in [1.54, 1.807) is 20.0 Å². The summed E-state index contributed by atoms with van der Waals surface area (Å²) in [4.78, 5) is 0.198. The first-order chi connectivity index (χ1) is 9.37. The van der Waals surface area contributed by atoms with Crippen molar-refractivity contribution in [3.8, 4) is 0 Å². The van der Waals surface area contributed by atoms with Gasteiger partial charge in [0.1, 0.15) is 0 Å². The molecule has 0 heterocycles. The molecule has 0 saturated heterocycles. The van der Waals surface area contributed by atoms with Crippen molar-refractivity contribution in [3.63, 3.8) is 0 Å². The number of sulfonamides is 1. The fourth-order valence-corrected chi connectivity index (χ4v) is 4.77. The minimum atomic E-state index is -3.57. The molecular weight excluding hydrogens is 298 g/mol. The standard InChI is InChI=1S/C14H20ClNO3S/c1-10-11(9-17)7-12(15)8-14(10)20(18,19)16(2)13-5-3-4-6-13/h7-8,13,17H,3-6,9H2,1-2H3. The van der Waals surface area contributed by atoms with Crippen LogP contribution in [0.4, 0.5) is 0 Å². The van der Waals surface area contributed by atoms with E-state index in [0.717, 1.165) is 25.7 Å². The highest BCUT2D eigenvalue weighted by atomic mass is 35.5. The third kappa shape index (κ3) is 2.86. The van der Waals surface area contributed by atoms with Gasteiger partial charge >= 0.3 is 0 Å². The first-order valence-electron chi connectivity index (χ1n) is 6.76. The first kappa shape index (κ1) is 15.8. The van der Waals surface area contributed by atoms with Crippen molar-refractivity contribution in [1.29, 1.82) is 0 Å². The smallest absolute Gasteiger partial charge is 0.243 e. The number of aliphatic hydroxyl groups is 1. The monoisotopic (exact) mass is 317 g/mol. The molecular formula is C14H20ClNO3S. The van der Waals surface area contributed by atoms with Crippen LogP contribution >= 0.6 is 11.6 Å². The van der Waals surface area contributed by atoms with Crippen LogP contribution in [0.1, 0.15) is 36.8 Å². The zero-order valence-corrected chi connectivity index (χ0v) is 13.3. The van der Waals surface area contributed by atoms with Gasteiger partial charge in [-0.05, 0) is 43.0 Å². The molecule has 1 aliphatic rings. The number of rotatable bonds is 4. The van der Waals surface area contributed by atoms with Crippen LogP contribution in [0.5, 0.6) is 0 Å². The van der Waals surface area contributed by atoms with E-state index in [0.29, 0.717) is 16.1 Å². The zero-order chi connectivity index (χ0) is 14.9. The highest BCUT2D eigenvalue weighted by molar-refractivity contribution is 7.89. The lowest BCUT2D eigenvalue weighted by Gasteiger charge is -2.25. The lowest BCUT2D eigenvalue weighted by Crippen LogP contribution is -2.35. The van der Waals surface area contributed by atoms with E-state index in [-0.39, 0.29) is 17.5 Å². The average Bonchev–Trinajstić information content (AvgIpc) is 2.93. The molecule has 0 bridgehead atoms. The maximum absolute atomic E-state index is 12.7. The normalized spacial score (nSPS) is 17.1. The SMILES string of the molecule is Cc1c(CO)cc(Cl)cc1S(=O)(=O)N(C)C1CCCC1. The summed E-state index contributed by atoms with van der Waals surface area (Å²) in [5, 5.41) is 9.65. The summed E-state index contributed by atoms with van der Waals surface area (Å²) in [5.41, 5.74) is 1.12. The third-order valence-corrected chi connectivity index (χ3v) is 6.35. The first-order valence-corrected chi connectivity index (χ1v) is 8.57. The zero-order valence-electron chi connectivity index (χ0n) is 11.8. The summed E-state index contributed by atoms with van der Waals surface area (Å²) < 4.78 is 27.0. The van der Waals surface area contributed by atoms with E-state index in [1.807, 2.05) is 0 Å². The van der Waals surface area contributed by atoms with Gasteiger partial charge in [-0.1, -0.05) is 24.4 Å². The average molecular weight is 318 g/mol. The maximum atomic E-state index is 12.7. The number of benzene rings is 1. The van der Waals surface area contributed by atoms with Crippen LogP contribution in [-0.4, -0.2) is 30.9 Å². The van der Waals surface area contributed by atoms with Crippen molar-refractivity contribution in [1.82, 2.24) is 4.31 Å². The molecule has 0 aromatic heterocycles. The molecule has 1 aromatic rings. The summed E-state index contributed by atoms with van der Waals surface area (Å²) in [7, 11) is -1.94. The molecule has 0 radical (unpaired) electrons. The van der Waals surface area contributed by atoms with Gasteiger partial charge in [0.2, 0.25) is 10.0 Å². The van der Waals surface area contributed by atoms with Gasteiger partial charge in [-0.3, -0.25) is 0 Å². The Morgan fingerprint density at radius 3 is 2.50 bits per heavy atom. The van der Waals surface area contributed by atoms with E-state index >= 15 is 0 Å². The van der Waals surface area contributed by atoms with Crippen LogP contribution in [-0.2, 0) is 16.6 Å². The van der Waals surface area contributed by atoms with Gasteiger partial charge in [-0.2, -0.15) is 4.31 Å². The van der Waals surface area contributed by atoms with Crippen LogP contribution in [0.15, 0.2) is 17.0 Å². The Hall–Kier alpha value is -0.620. The van der Waals surface area contributed by atoms with Gasteiger partial charge in [0, 0.05) is 18.1 Å². The molecule has 0 atom stereocenters. The fourth-order valence-electron chi connectivity index (χ4n) is 2.76. The molecule has 2 rings (SSSR count). The van der Waals surface area contributed by atoms with Crippen LogP contribution in [0.2, 0.25) is 5.02 Å². The second-order valence-corrected chi connectivity index (χ2v) is 7.71. The van der Waals surface area contributed by atoms with Gasteiger partial charge in [0.25, 0.3) is 0 Å². The minimum absolute atomic E-state index is 0.0657. The van der Waals surface area contributed by atoms with Crippen LogP contribution in [0.25, 0.3) is 0 Å². The Morgan fingerprint density at radius 2 is 1.95 bits per heavy atom. The van der Waals surface area contributed by atoms with Crippen molar-refractivity contribution in [3.05, 3.63) is 28.3 Å². The topological polar surface area (TPSA) is 57.6 Å². The number of halogens is 1. The number of aliphatic hydroxyl groups excluding tert-OH is 1. The molecule has 0 aliphatic heterocycles. The number of hydrogen-bond acceptors (Lipinski definition) is 3. The van der Waals surface area contributed by atoms with Crippen molar-refractivity contribution in [2.75, 3.05) is 7.05 Å². The van der Waals surface area contributed by atoms with Gasteiger partial charge in [0.05, 0.1) is 11.5 Å². The predicted molar refractivity (Wildman–Crippen MR) is 79.3 cm³/mol. The molecule has 0 amide bonds. The van der Waals surface area contributed by atoms with Crippen molar-refractivity contribution in [2.24, 2.45) is 0 Å². The van der Waals surface area contributed by atoms with Crippen molar-refractivity contribution in [2.45, 2.75) is 50.2 Å². The molecule has 6 heteroatoms. The second kappa shape index (κ2) is 6.02. The Bertz CT molecular complexity index is 595. The van der Waals surface area contributed by atoms with E-state index in [4.69, 9.17) is 11.6 Å². The third-order valence-electron chi connectivity index (χ3n) is 4.10. The summed E-state index contributed by atoms with van der Waals surface area (Å²) in [6, 6.07) is 3.14. The Balaban J connectivity index is 2.45. The Morgan fingerprint density at radius 1 is 1.35 bits per heavy atom. The summed E-state index contributed by atoms with van der Waals surface area (Å²) in [5.74, 6) is 0. The lowest BCUT2D eigenvalue weighted by atomic mass is 10.1. The second-order valence-electron chi connectivity index (χ2n) is 5.31. The van der Waals surface area contributed by atoms with E-state index in [9.17, 15) is 13.5 Å². The molecule has 1 fully saturated rings.